The topological polar surface area (TPSA) is 92.1 Å². The smallest absolute Gasteiger partial charge is 0.270 e. The van der Waals surface area contributed by atoms with Crippen molar-refractivity contribution in [2.24, 2.45) is 0 Å². The van der Waals surface area contributed by atoms with E-state index >= 15 is 0 Å². The lowest BCUT2D eigenvalue weighted by atomic mass is 10.2. The number of hydrogen-bond donors (Lipinski definition) is 1. The maximum Gasteiger partial charge on any atom is 0.270 e. The largest absolute Gasteiger partial charge is 0.353 e. The zero-order valence-corrected chi connectivity index (χ0v) is 19.3. The Hall–Kier alpha value is -3.37. The highest BCUT2D eigenvalue weighted by Gasteiger charge is 2.21. The van der Waals surface area contributed by atoms with Crippen LogP contribution in [0.5, 0.6) is 0 Å². The minimum atomic E-state index is -0.167. The number of amides is 1. The summed E-state index contributed by atoms with van der Waals surface area (Å²) in [5.74, 6) is 0.757. The predicted octanol–water partition coefficient (Wildman–Crippen LogP) is 2.34. The van der Waals surface area contributed by atoms with Gasteiger partial charge in [-0.2, -0.15) is 5.10 Å². The Labute approximate surface area is 196 Å². The van der Waals surface area contributed by atoms with E-state index in [1.807, 2.05) is 17.8 Å². The van der Waals surface area contributed by atoms with Gasteiger partial charge in [-0.05, 0) is 12.5 Å². The van der Waals surface area contributed by atoms with E-state index in [-0.39, 0.29) is 5.91 Å². The number of fused-ring (bicyclic) bond motifs is 1. The predicted molar refractivity (Wildman–Crippen MR) is 128 cm³/mol. The third-order valence-corrected chi connectivity index (χ3v) is 6.57. The lowest BCUT2D eigenvalue weighted by molar-refractivity contribution is 0.0947. The molecular formula is C23H26N8OS. The van der Waals surface area contributed by atoms with Crippen LogP contribution in [0.25, 0.3) is 11.0 Å². The van der Waals surface area contributed by atoms with E-state index in [4.69, 9.17) is 0 Å². The van der Waals surface area contributed by atoms with Gasteiger partial charge in [0.2, 0.25) is 0 Å². The molecule has 0 radical (unpaired) electrons. The van der Waals surface area contributed by atoms with Crippen LogP contribution in [0.1, 0.15) is 21.1 Å². The van der Waals surface area contributed by atoms with Gasteiger partial charge in [0.05, 0.1) is 23.1 Å². The average molecular weight is 463 g/mol. The molecule has 0 aliphatic carbocycles. The van der Waals surface area contributed by atoms with Gasteiger partial charge in [0, 0.05) is 44.6 Å². The first kappa shape index (κ1) is 21.5. The van der Waals surface area contributed by atoms with Crippen molar-refractivity contribution < 1.29 is 4.79 Å². The van der Waals surface area contributed by atoms with Crippen molar-refractivity contribution in [3.8, 4) is 0 Å². The Morgan fingerprint density at radius 2 is 1.94 bits per heavy atom. The lowest BCUT2D eigenvalue weighted by Crippen LogP contribution is -2.46. The van der Waals surface area contributed by atoms with Crippen molar-refractivity contribution in [2.45, 2.75) is 20.0 Å². The standard InChI is InChI=1S/C23H26N8OS/c1-17-28-20(15-33-17)23(32)24-7-8-31-22-19(13-27-31)21(25-16-26-22)30-11-9-29(10-12-30)14-18-5-3-2-4-6-18/h2-6,13,15-16H,7-12,14H2,1H3,(H,24,32). The number of aryl methyl sites for hydroxylation is 1. The Kier molecular flexibility index (Phi) is 6.27. The zero-order valence-electron chi connectivity index (χ0n) is 18.5. The molecule has 4 heterocycles. The van der Waals surface area contributed by atoms with Gasteiger partial charge in [-0.15, -0.1) is 11.3 Å². The summed E-state index contributed by atoms with van der Waals surface area (Å²) in [5, 5.41) is 11.0. The molecule has 9 nitrogen and oxygen atoms in total. The fraction of sp³-hybridized carbons (Fsp3) is 0.348. The van der Waals surface area contributed by atoms with Crippen molar-refractivity contribution in [3.05, 3.63) is 64.5 Å². The molecular weight excluding hydrogens is 436 g/mol. The Bertz CT molecular complexity index is 1230. The Balaban J connectivity index is 1.20. The first-order valence-corrected chi connectivity index (χ1v) is 11.9. The Morgan fingerprint density at radius 1 is 1.12 bits per heavy atom. The number of nitrogens with zero attached hydrogens (tertiary/aromatic N) is 7. The molecule has 0 spiro atoms. The second-order valence-electron chi connectivity index (χ2n) is 8.06. The first-order valence-electron chi connectivity index (χ1n) is 11.1. The fourth-order valence-electron chi connectivity index (χ4n) is 4.09. The summed E-state index contributed by atoms with van der Waals surface area (Å²) in [5.41, 5.74) is 2.58. The summed E-state index contributed by atoms with van der Waals surface area (Å²) >= 11 is 1.47. The number of benzene rings is 1. The Morgan fingerprint density at radius 3 is 2.70 bits per heavy atom. The van der Waals surface area contributed by atoms with Crippen LogP contribution in [0.15, 0.2) is 48.2 Å². The van der Waals surface area contributed by atoms with Gasteiger partial charge in [-0.3, -0.25) is 9.69 Å². The molecule has 1 aromatic carbocycles. The van der Waals surface area contributed by atoms with Crippen LogP contribution < -0.4 is 10.2 Å². The van der Waals surface area contributed by atoms with Crippen LogP contribution in [0.4, 0.5) is 5.82 Å². The number of carbonyl (C=O) groups excluding carboxylic acids is 1. The monoisotopic (exact) mass is 462 g/mol. The summed E-state index contributed by atoms with van der Waals surface area (Å²) in [6, 6.07) is 10.6. The van der Waals surface area contributed by atoms with Crippen molar-refractivity contribution in [1.29, 1.82) is 0 Å². The second kappa shape index (κ2) is 9.63. The fourth-order valence-corrected chi connectivity index (χ4v) is 4.68. The first-order chi connectivity index (χ1) is 16.2. The summed E-state index contributed by atoms with van der Waals surface area (Å²) in [4.78, 5) is 30.2. The van der Waals surface area contributed by atoms with Gasteiger partial charge in [-0.1, -0.05) is 30.3 Å². The summed E-state index contributed by atoms with van der Waals surface area (Å²) < 4.78 is 1.82. The molecule has 3 aromatic heterocycles. The molecule has 1 aliphatic rings. The van der Waals surface area contributed by atoms with Gasteiger partial charge in [0.1, 0.15) is 17.8 Å². The van der Waals surface area contributed by atoms with Gasteiger partial charge in [0.15, 0.2) is 5.65 Å². The molecule has 1 fully saturated rings. The summed E-state index contributed by atoms with van der Waals surface area (Å²) in [6.07, 6.45) is 3.43. The van der Waals surface area contributed by atoms with Gasteiger partial charge < -0.3 is 10.2 Å². The highest BCUT2D eigenvalue weighted by Crippen LogP contribution is 2.24. The number of carbonyl (C=O) groups is 1. The van der Waals surface area contributed by atoms with E-state index in [1.165, 1.54) is 16.9 Å². The van der Waals surface area contributed by atoms with Crippen LogP contribution in [-0.2, 0) is 13.1 Å². The number of thiazole rings is 1. The van der Waals surface area contributed by atoms with Crippen LogP contribution in [-0.4, -0.2) is 68.3 Å². The minimum absolute atomic E-state index is 0.167. The van der Waals surface area contributed by atoms with E-state index in [0.29, 0.717) is 18.8 Å². The quantitative estimate of drug-likeness (QED) is 0.451. The number of piperazine rings is 1. The number of rotatable bonds is 7. The second-order valence-corrected chi connectivity index (χ2v) is 9.12. The number of anilines is 1. The molecule has 1 saturated heterocycles. The normalized spacial score (nSPS) is 14.6. The molecule has 10 heteroatoms. The van der Waals surface area contributed by atoms with Crippen LogP contribution in [0.3, 0.4) is 0 Å². The van der Waals surface area contributed by atoms with Crippen LogP contribution >= 0.6 is 11.3 Å². The van der Waals surface area contributed by atoms with Gasteiger partial charge in [0.25, 0.3) is 5.91 Å². The maximum absolute atomic E-state index is 12.2. The zero-order chi connectivity index (χ0) is 22.6. The number of aromatic nitrogens is 5. The molecule has 0 atom stereocenters. The van der Waals surface area contributed by atoms with Crippen molar-refractivity contribution in [2.75, 3.05) is 37.6 Å². The summed E-state index contributed by atoms with van der Waals surface area (Å²) in [6.45, 7) is 7.62. The van der Waals surface area contributed by atoms with Crippen molar-refractivity contribution in [1.82, 2.24) is 34.9 Å². The molecule has 1 amide bonds. The molecule has 1 N–H and O–H groups in total. The van der Waals surface area contributed by atoms with Gasteiger partial charge in [-0.25, -0.2) is 19.6 Å². The number of nitrogens with one attached hydrogen (secondary N) is 1. The van der Waals surface area contributed by atoms with Crippen LogP contribution in [0, 0.1) is 6.92 Å². The number of hydrogen-bond acceptors (Lipinski definition) is 8. The van der Waals surface area contributed by atoms with Gasteiger partial charge >= 0.3 is 0 Å². The molecule has 170 valence electrons. The van der Waals surface area contributed by atoms with E-state index in [9.17, 15) is 4.79 Å². The third-order valence-electron chi connectivity index (χ3n) is 5.79. The highest BCUT2D eigenvalue weighted by molar-refractivity contribution is 7.09. The molecule has 5 rings (SSSR count). The summed E-state index contributed by atoms with van der Waals surface area (Å²) in [7, 11) is 0. The van der Waals surface area contributed by atoms with Crippen molar-refractivity contribution in [3.63, 3.8) is 0 Å². The van der Waals surface area contributed by atoms with E-state index in [0.717, 1.165) is 54.6 Å². The van der Waals surface area contributed by atoms with E-state index in [1.54, 1.807) is 11.7 Å². The van der Waals surface area contributed by atoms with E-state index < -0.39 is 0 Å². The molecule has 0 bridgehead atoms. The SMILES string of the molecule is Cc1nc(C(=O)NCCn2ncc3c(N4CCN(Cc5ccccc5)CC4)ncnc32)cs1. The van der Waals surface area contributed by atoms with E-state index in [2.05, 4.69) is 65.5 Å². The minimum Gasteiger partial charge on any atom is -0.353 e. The van der Waals surface area contributed by atoms with Crippen LogP contribution in [0.2, 0.25) is 0 Å². The molecule has 1 aliphatic heterocycles. The molecule has 0 unspecified atom stereocenters. The highest BCUT2D eigenvalue weighted by atomic mass is 32.1. The maximum atomic E-state index is 12.2. The average Bonchev–Trinajstić information content (AvgIpc) is 3.47. The van der Waals surface area contributed by atoms with Crippen molar-refractivity contribution >= 4 is 34.1 Å². The lowest BCUT2D eigenvalue weighted by Gasteiger charge is -2.35. The third kappa shape index (κ3) is 4.86. The molecule has 33 heavy (non-hydrogen) atoms. The molecule has 4 aromatic rings. The molecule has 0 saturated carbocycles.